The number of hydrogen-bond acceptors (Lipinski definition) is 4. The monoisotopic (exact) mass is 248 g/mol. The van der Waals surface area contributed by atoms with Gasteiger partial charge < -0.3 is 20.6 Å². The first kappa shape index (κ1) is 12.1. The number of hydrogen-bond donors (Lipinski definition) is 3. The summed E-state index contributed by atoms with van der Waals surface area (Å²) in [5, 5.41) is 9.56. The van der Waals surface area contributed by atoms with Gasteiger partial charge in [0.05, 0.1) is 12.7 Å². The van der Waals surface area contributed by atoms with E-state index in [2.05, 4.69) is 9.72 Å². The van der Waals surface area contributed by atoms with Crippen LogP contribution in [0.3, 0.4) is 0 Å². The molecule has 0 unspecified atom stereocenters. The van der Waals surface area contributed by atoms with Crippen molar-refractivity contribution < 1.29 is 19.4 Å². The van der Waals surface area contributed by atoms with Crippen molar-refractivity contribution in [3.05, 3.63) is 35.5 Å². The number of carbonyl (C=O) groups is 2. The molecule has 18 heavy (non-hydrogen) atoms. The Balaban J connectivity index is 2.50. The van der Waals surface area contributed by atoms with E-state index in [0.717, 1.165) is 0 Å². The molecule has 1 atom stereocenters. The van der Waals surface area contributed by atoms with Crippen molar-refractivity contribution in [1.29, 1.82) is 0 Å². The van der Waals surface area contributed by atoms with Gasteiger partial charge in [0.25, 0.3) is 0 Å². The average Bonchev–Trinajstić information content (AvgIpc) is 2.79. The molecule has 0 amide bonds. The lowest BCUT2D eigenvalue weighted by molar-refractivity contribution is -0.138. The number of aromatic amines is 1. The molecule has 6 heteroatoms. The lowest BCUT2D eigenvalue weighted by Crippen LogP contribution is -2.20. The molecule has 1 aromatic carbocycles. The molecule has 0 spiro atoms. The number of aromatic nitrogens is 1. The van der Waals surface area contributed by atoms with Crippen LogP contribution in [0, 0.1) is 0 Å². The predicted molar refractivity (Wildman–Crippen MR) is 64.2 cm³/mol. The topological polar surface area (TPSA) is 105 Å². The lowest BCUT2D eigenvalue weighted by Gasteiger charge is -2.04. The molecule has 0 fully saturated rings. The van der Waals surface area contributed by atoms with Crippen LogP contribution in [0.5, 0.6) is 0 Å². The van der Waals surface area contributed by atoms with E-state index in [9.17, 15) is 9.59 Å². The van der Waals surface area contributed by atoms with Gasteiger partial charge in [-0.05, 0) is 12.1 Å². The fourth-order valence-electron chi connectivity index (χ4n) is 1.78. The van der Waals surface area contributed by atoms with Crippen LogP contribution in [0.2, 0.25) is 0 Å². The normalized spacial score (nSPS) is 12.3. The fraction of sp³-hybridized carbons (Fsp3) is 0.167. The van der Waals surface area contributed by atoms with Crippen LogP contribution < -0.4 is 5.73 Å². The van der Waals surface area contributed by atoms with Crippen molar-refractivity contribution in [3.63, 3.8) is 0 Å². The number of carboxylic acid groups (broad SMARTS) is 1. The summed E-state index contributed by atoms with van der Waals surface area (Å²) in [5.41, 5.74) is 7.08. The van der Waals surface area contributed by atoms with E-state index in [1.807, 2.05) is 0 Å². The zero-order chi connectivity index (χ0) is 13.3. The second-order valence-electron chi connectivity index (χ2n) is 3.81. The maximum atomic E-state index is 11.4. The third kappa shape index (κ3) is 1.93. The maximum Gasteiger partial charge on any atom is 0.337 e. The van der Waals surface area contributed by atoms with Crippen molar-refractivity contribution in [3.8, 4) is 0 Å². The number of nitrogens with one attached hydrogen (secondary N) is 1. The van der Waals surface area contributed by atoms with E-state index < -0.39 is 18.0 Å². The number of methoxy groups -OCH3 is 1. The summed E-state index contributed by atoms with van der Waals surface area (Å²) in [6, 6.07) is 3.72. The summed E-state index contributed by atoms with van der Waals surface area (Å²) in [6.45, 7) is 0. The molecular weight excluding hydrogens is 236 g/mol. The zero-order valence-corrected chi connectivity index (χ0v) is 9.64. The first-order valence-electron chi connectivity index (χ1n) is 5.22. The van der Waals surface area contributed by atoms with Gasteiger partial charge in [-0.1, -0.05) is 6.07 Å². The number of H-pyrrole nitrogens is 1. The highest BCUT2D eigenvalue weighted by molar-refractivity contribution is 5.96. The van der Waals surface area contributed by atoms with Gasteiger partial charge in [-0.15, -0.1) is 0 Å². The number of benzene rings is 1. The second-order valence-corrected chi connectivity index (χ2v) is 3.81. The quantitative estimate of drug-likeness (QED) is 0.704. The smallest absolute Gasteiger partial charge is 0.337 e. The van der Waals surface area contributed by atoms with E-state index in [0.29, 0.717) is 22.0 Å². The van der Waals surface area contributed by atoms with Gasteiger partial charge in [-0.2, -0.15) is 0 Å². The van der Waals surface area contributed by atoms with E-state index >= 15 is 0 Å². The molecule has 0 saturated carbocycles. The third-order valence-electron chi connectivity index (χ3n) is 2.74. The Morgan fingerprint density at radius 2 is 2.17 bits per heavy atom. The maximum absolute atomic E-state index is 11.4. The Labute approximate surface area is 102 Å². The molecule has 6 nitrogen and oxygen atoms in total. The molecular formula is C12H12N2O4. The summed E-state index contributed by atoms with van der Waals surface area (Å²) < 4.78 is 4.61. The van der Waals surface area contributed by atoms with Crippen molar-refractivity contribution in [2.24, 2.45) is 5.73 Å². The van der Waals surface area contributed by atoms with Crippen LogP contribution in [0.25, 0.3) is 10.9 Å². The van der Waals surface area contributed by atoms with Gasteiger partial charge in [0.2, 0.25) is 0 Å². The number of rotatable bonds is 3. The summed E-state index contributed by atoms with van der Waals surface area (Å²) >= 11 is 0. The largest absolute Gasteiger partial charge is 0.480 e. The Morgan fingerprint density at radius 3 is 2.78 bits per heavy atom. The Hall–Kier alpha value is -2.34. The minimum Gasteiger partial charge on any atom is -0.480 e. The number of aliphatic carboxylic acids is 1. The highest BCUT2D eigenvalue weighted by Crippen LogP contribution is 2.24. The Morgan fingerprint density at radius 1 is 1.44 bits per heavy atom. The number of nitrogens with two attached hydrogens (primary N) is 1. The van der Waals surface area contributed by atoms with Crippen LogP contribution >= 0.6 is 0 Å². The minimum atomic E-state index is -1.10. The molecule has 0 aliphatic rings. The fourth-order valence-corrected chi connectivity index (χ4v) is 1.78. The van der Waals surface area contributed by atoms with E-state index in [4.69, 9.17) is 10.8 Å². The first-order chi connectivity index (χ1) is 8.54. The van der Waals surface area contributed by atoms with Crippen LogP contribution in [0.4, 0.5) is 0 Å². The molecule has 0 bridgehead atoms. The average molecular weight is 248 g/mol. The van der Waals surface area contributed by atoms with Gasteiger partial charge in [0, 0.05) is 22.7 Å². The third-order valence-corrected chi connectivity index (χ3v) is 2.74. The van der Waals surface area contributed by atoms with Gasteiger partial charge in [0.1, 0.15) is 6.04 Å². The second kappa shape index (κ2) is 4.50. The number of esters is 1. The molecule has 94 valence electrons. The number of ether oxygens (including phenoxy) is 1. The van der Waals surface area contributed by atoms with Crippen LogP contribution in [0.15, 0.2) is 24.4 Å². The van der Waals surface area contributed by atoms with Crippen molar-refractivity contribution in [1.82, 2.24) is 4.98 Å². The Bertz CT molecular complexity index is 618. The van der Waals surface area contributed by atoms with Crippen LogP contribution in [-0.4, -0.2) is 29.1 Å². The van der Waals surface area contributed by atoms with Gasteiger partial charge in [-0.25, -0.2) is 4.79 Å². The van der Waals surface area contributed by atoms with Crippen molar-refractivity contribution >= 4 is 22.8 Å². The zero-order valence-electron chi connectivity index (χ0n) is 9.64. The number of fused-ring (bicyclic) bond motifs is 1. The highest BCUT2D eigenvalue weighted by atomic mass is 16.5. The molecule has 0 radical (unpaired) electrons. The lowest BCUT2D eigenvalue weighted by atomic mass is 10.1. The SMILES string of the molecule is COC(=O)c1ccc2c([C@H](N)C(=O)O)c[nH]c2c1. The van der Waals surface area contributed by atoms with Gasteiger partial charge >= 0.3 is 11.9 Å². The molecule has 1 aromatic heterocycles. The van der Waals surface area contributed by atoms with Crippen molar-refractivity contribution in [2.45, 2.75) is 6.04 Å². The molecule has 0 aliphatic carbocycles. The summed E-state index contributed by atoms with van der Waals surface area (Å²) in [5.74, 6) is -1.55. The Kier molecular flexibility index (Phi) is 3.03. The van der Waals surface area contributed by atoms with E-state index in [-0.39, 0.29) is 0 Å². The summed E-state index contributed by atoms with van der Waals surface area (Å²) in [6.07, 6.45) is 1.53. The van der Waals surface area contributed by atoms with E-state index in [1.165, 1.54) is 13.3 Å². The number of carboxylic acids is 1. The molecule has 0 aliphatic heterocycles. The standard InChI is InChI=1S/C12H12N2O4/c1-18-12(17)6-2-3-7-8(10(13)11(15)16)5-14-9(7)4-6/h2-5,10,14H,13H2,1H3,(H,15,16)/t10-/m0/s1. The predicted octanol–water partition coefficient (Wildman–Crippen LogP) is 1.04. The molecule has 1 heterocycles. The minimum absolute atomic E-state index is 0.391. The van der Waals surface area contributed by atoms with Gasteiger partial charge in [-0.3, -0.25) is 4.79 Å². The van der Waals surface area contributed by atoms with Crippen LogP contribution in [-0.2, 0) is 9.53 Å². The number of carbonyl (C=O) groups excluding carboxylic acids is 1. The van der Waals surface area contributed by atoms with E-state index in [1.54, 1.807) is 18.2 Å². The van der Waals surface area contributed by atoms with Crippen LogP contribution in [0.1, 0.15) is 22.0 Å². The summed E-state index contributed by atoms with van der Waals surface area (Å²) in [4.78, 5) is 25.1. The van der Waals surface area contributed by atoms with Crippen molar-refractivity contribution in [2.75, 3.05) is 7.11 Å². The molecule has 2 rings (SSSR count). The first-order valence-corrected chi connectivity index (χ1v) is 5.22. The molecule has 2 aromatic rings. The van der Waals surface area contributed by atoms with Gasteiger partial charge in [0.15, 0.2) is 0 Å². The molecule has 0 saturated heterocycles. The summed E-state index contributed by atoms with van der Waals surface area (Å²) in [7, 11) is 1.30. The highest BCUT2D eigenvalue weighted by Gasteiger charge is 2.18. The molecule has 4 N–H and O–H groups in total.